The van der Waals surface area contributed by atoms with Crippen LogP contribution in [0, 0.1) is 0 Å². The summed E-state index contributed by atoms with van der Waals surface area (Å²) >= 11 is 0. The van der Waals surface area contributed by atoms with E-state index >= 15 is 0 Å². The number of hydrogen-bond acceptors (Lipinski definition) is 1. The van der Waals surface area contributed by atoms with Gasteiger partial charge in [0, 0.05) is 27.9 Å². The topological polar surface area (TPSA) is 3.24 Å². The molecule has 0 N–H and O–H groups in total. The lowest BCUT2D eigenvalue weighted by Crippen LogP contribution is -2.26. The molecule has 0 saturated heterocycles. The zero-order valence-electron chi connectivity index (χ0n) is 34.4. The lowest BCUT2D eigenvalue weighted by molar-refractivity contribution is 0.656. The lowest BCUT2D eigenvalue weighted by Gasteiger charge is -2.33. The molecule has 0 amide bonds. The van der Waals surface area contributed by atoms with Crippen LogP contribution in [0.2, 0.25) is 0 Å². The molecule has 282 valence electrons. The number of hydrogen-bond donors (Lipinski definition) is 0. The monoisotopic (exact) mass is 747 g/mol. The molecule has 4 aliphatic carbocycles. The molecule has 0 aliphatic heterocycles. The van der Waals surface area contributed by atoms with Gasteiger partial charge in [-0.15, -0.1) is 0 Å². The van der Waals surface area contributed by atoms with Gasteiger partial charge in [-0.3, -0.25) is 0 Å². The molecule has 0 unspecified atom stereocenters. The Morgan fingerprint density at radius 1 is 0.431 bits per heavy atom. The summed E-state index contributed by atoms with van der Waals surface area (Å²) in [6, 6.07) is 58.1. The van der Waals surface area contributed by atoms with Crippen LogP contribution in [0.3, 0.4) is 0 Å². The summed E-state index contributed by atoms with van der Waals surface area (Å²) in [5, 5.41) is 0. The minimum absolute atomic E-state index is 0.115. The first kappa shape index (κ1) is 35.0. The van der Waals surface area contributed by atoms with Gasteiger partial charge in [-0.1, -0.05) is 168 Å². The van der Waals surface area contributed by atoms with Crippen molar-refractivity contribution in [1.29, 1.82) is 0 Å². The van der Waals surface area contributed by atoms with Crippen LogP contribution in [-0.2, 0) is 16.2 Å². The van der Waals surface area contributed by atoms with Crippen molar-refractivity contribution in [3.63, 3.8) is 0 Å². The third-order valence-electron chi connectivity index (χ3n) is 14.2. The van der Waals surface area contributed by atoms with E-state index in [1.54, 1.807) is 0 Å². The molecule has 11 rings (SSSR count). The van der Waals surface area contributed by atoms with E-state index in [9.17, 15) is 0 Å². The van der Waals surface area contributed by atoms with Crippen LogP contribution in [0.25, 0.3) is 39.0 Å². The quantitative estimate of drug-likeness (QED) is 0.169. The molecule has 1 nitrogen and oxygen atoms in total. The molecule has 4 aliphatic rings. The van der Waals surface area contributed by atoms with Crippen molar-refractivity contribution in [1.82, 2.24) is 0 Å². The summed E-state index contributed by atoms with van der Waals surface area (Å²) in [5.41, 5.74) is 24.7. The second-order valence-corrected chi connectivity index (χ2v) is 17.8. The van der Waals surface area contributed by atoms with Crippen molar-refractivity contribution in [3.8, 4) is 33.4 Å². The molecule has 0 radical (unpaired) electrons. The molecule has 0 aromatic heterocycles. The highest BCUT2D eigenvalue weighted by atomic mass is 15.1. The van der Waals surface area contributed by atoms with Crippen molar-refractivity contribution >= 4 is 22.6 Å². The van der Waals surface area contributed by atoms with E-state index in [1.807, 2.05) is 0 Å². The van der Waals surface area contributed by atoms with Crippen LogP contribution in [-0.4, -0.2) is 0 Å². The van der Waals surface area contributed by atoms with Gasteiger partial charge >= 0.3 is 0 Å². The number of nitrogens with zero attached hydrogens (tertiary/aromatic N) is 1. The molecule has 7 aromatic rings. The third-order valence-corrected chi connectivity index (χ3v) is 14.2. The smallest absolute Gasteiger partial charge is 0.0726 e. The van der Waals surface area contributed by atoms with Crippen LogP contribution in [0.1, 0.15) is 98.9 Å². The second kappa shape index (κ2) is 12.4. The highest BCUT2D eigenvalue weighted by Crippen LogP contribution is 2.63. The SMILES string of the molecule is CC=C1/C(=C\CCC)C(C)(C)c2cc(N(c3ccc4c(c3)C(C)(C)c3ccccc3-4)c3ccc4c(c3)C3(c5ccccc5-c5ccccc53)c3ccccc3-4)ccc21. The fourth-order valence-electron chi connectivity index (χ4n) is 11.5. The molecule has 0 fully saturated rings. The molecule has 58 heavy (non-hydrogen) atoms. The highest BCUT2D eigenvalue weighted by Gasteiger charge is 2.52. The van der Waals surface area contributed by atoms with Gasteiger partial charge in [-0.2, -0.15) is 0 Å². The predicted octanol–water partition coefficient (Wildman–Crippen LogP) is 15.2. The number of unbranched alkanes of at least 4 members (excludes halogenated alkanes) is 1. The maximum Gasteiger partial charge on any atom is 0.0726 e. The van der Waals surface area contributed by atoms with Crippen LogP contribution in [0.5, 0.6) is 0 Å². The molecule has 0 saturated carbocycles. The van der Waals surface area contributed by atoms with Gasteiger partial charge in [-0.25, -0.2) is 0 Å². The molecule has 0 bridgehead atoms. The van der Waals surface area contributed by atoms with E-state index < -0.39 is 5.41 Å². The van der Waals surface area contributed by atoms with Gasteiger partial charge in [0.15, 0.2) is 0 Å². The molecule has 1 spiro atoms. The minimum atomic E-state index is -0.415. The zero-order valence-corrected chi connectivity index (χ0v) is 34.4. The number of allylic oxidation sites excluding steroid dienone is 4. The largest absolute Gasteiger partial charge is 0.310 e. The standard InChI is InChI=1S/C57H49N/c1-7-9-22-47-39(8-2)44-30-27-36(33-52(44)55(47,3)4)58(37-28-31-45-40-18-10-14-23-48(40)56(5,6)53(45)34-37)38-29-32-46-43-21-13-17-26-51(43)57(54(46)35-38)49-24-15-11-19-41(49)42-20-12-16-25-50(42)57/h8,10-35H,7,9H2,1-6H3/b39-8?,47-22+. The third kappa shape index (κ3) is 4.48. The Bertz CT molecular complexity index is 2870. The normalized spacial score (nSPS) is 17.8. The average Bonchev–Trinajstić information content (AvgIpc) is 3.87. The van der Waals surface area contributed by atoms with Crippen molar-refractivity contribution in [2.24, 2.45) is 0 Å². The van der Waals surface area contributed by atoms with Crippen molar-refractivity contribution in [2.75, 3.05) is 4.90 Å². The van der Waals surface area contributed by atoms with E-state index in [4.69, 9.17) is 0 Å². The summed E-state index contributed by atoms with van der Waals surface area (Å²) in [4.78, 5) is 2.54. The molecular formula is C57H49N. The van der Waals surface area contributed by atoms with Gasteiger partial charge < -0.3 is 4.90 Å². The van der Waals surface area contributed by atoms with Gasteiger partial charge in [0.2, 0.25) is 0 Å². The maximum absolute atomic E-state index is 2.54. The number of fused-ring (bicyclic) bond motifs is 14. The van der Waals surface area contributed by atoms with Crippen molar-refractivity contribution in [2.45, 2.75) is 70.6 Å². The molecule has 0 atom stereocenters. The predicted molar refractivity (Wildman–Crippen MR) is 245 cm³/mol. The summed E-state index contributed by atoms with van der Waals surface area (Å²) < 4.78 is 0. The fraction of sp³-hybridized carbons (Fsp3) is 0.193. The summed E-state index contributed by atoms with van der Waals surface area (Å²) in [5.74, 6) is 0. The lowest BCUT2D eigenvalue weighted by atomic mass is 9.70. The van der Waals surface area contributed by atoms with Gasteiger partial charge in [0.05, 0.1) is 5.41 Å². The van der Waals surface area contributed by atoms with Crippen molar-refractivity contribution in [3.05, 3.63) is 214 Å². The van der Waals surface area contributed by atoms with Crippen LogP contribution in [0.15, 0.2) is 169 Å². The summed E-state index contributed by atoms with van der Waals surface area (Å²) in [6.45, 7) is 14.1. The molecule has 1 heteroatoms. The Labute approximate surface area is 344 Å². The Morgan fingerprint density at radius 2 is 0.828 bits per heavy atom. The van der Waals surface area contributed by atoms with Gasteiger partial charge in [0.1, 0.15) is 0 Å². The Balaban J connectivity index is 1.17. The van der Waals surface area contributed by atoms with E-state index in [2.05, 4.69) is 210 Å². The fourth-order valence-corrected chi connectivity index (χ4v) is 11.5. The van der Waals surface area contributed by atoms with Gasteiger partial charge in [-0.05, 0) is 139 Å². The number of rotatable bonds is 5. The van der Waals surface area contributed by atoms with Gasteiger partial charge in [0.25, 0.3) is 0 Å². The van der Waals surface area contributed by atoms with Crippen LogP contribution < -0.4 is 4.90 Å². The first-order valence-electron chi connectivity index (χ1n) is 21.2. The highest BCUT2D eigenvalue weighted by molar-refractivity contribution is 5.97. The van der Waals surface area contributed by atoms with Crippen molar-refractivity contribution < 1.29 is 0 Å². The first-order valence-corrected chi connectivity index (χ1v) is 21.2. The second-order valence-electron chi connectivity index (χ2n) is 17.8. The number of benzene rings is 7. The maximum atomic E-state index is 2.54. The van der Waals surface area contributed by atoms with E-state index in [0.29, 0.717) is 0 Å². The van der Waals surface area contributed by atoms with E-state index in [-0.39, 0.29) is 10.8 Å². The molecule has 7 aromatic carbocycles. The molecule has 0 heterocycles. The number of anilines is 3. The summed E-state index contributed by atoms with van der Waals surface area (Å²) in [7, 11) is 0. The Kier molecular flexibility index (Phi) is 7.49. The minimum Gasteiger partial charge on any atom is -0.310 e. The Morgan fingerprint density at radius 3 is 1.33 bits per heavy atom. The Hall–Kier alpha value is -6.18. The average molecular weight is 748 g/mol. The summed E-state index contributed by atoms with van der Waals surface area (Å²) in [6.07, 6.45) is 7.04. The van der Waals surface area contributed by atoms with Crippen LogP contribution >= 0.6 is 0 Å². The van der Waals surface area contributed by atoms with E-state index in [1.165, 1.54) is 106 Å². The first-order chi connectivity index (χ1) is 28.2. The van der Waals surface area contributed by atoms with E-state index in [0.717, 1.165) is 12.8 Å². The zero-order chi connectivity index (χ0) is 39.6. The molecular weight excluding hydrogens is 699 g/mol. The van der Waals surface area contributed by atoms with Crippen LogP contribution in [0.4, 0.5) is 17.1 Å².